The van der Waals surface area contributed by atoms with E-state index in [1.54, 1.807) is 29.8 Å². The van der Waals surface area contributed by atoms with Crippen molar-refractivity contribution in [1.82, 2.24) is 19.8 Å². The van der Waals surface area contributed by atoms with E-state index < -0.39 is 4.92 Å². The predicted octanol–water partition coefficient (Wildman–Crippen LogP) is 3.38. The summed E-state index contributed by atoms with van der Waals surface area (Å²) in [5.74, 6) is 1.21. The van der Waals surface area contributed by atoms with E-state index in [2.05, 4.69) is 15.3 Å². The summed E-state index contributed by atoms with van der Waals surface area (Å²) in [5, 5.41) is 24.2. The quantitative estimate of drug-likeness (QED) is 0.388. The van der Waals surface area contributed by atoms with E-state index in [1.807, 2.05) is 30.3 Å². The van der Waals surface area contributed by atoms with Gasteiger partial charge in [-0.25, -0.2) is 0 Å². The van der Waals surface area contributed by atoms with Crippen LogP contribution in [0.15, 0.2) is 54.6 Å². The van der Waals surface area contributed by atoms with Crippen LogP contribution in [-0.4, -0.2) is 39.0 Å². The van der Waals surface area contributed by atoms with E-state index in [0.717, 1.165) is 11.3 Å². The number of hydrogen-bond donors (Lipinski definition) is 0. The van der Waals surface area contributed by atoms with Crippen molar-refractivity contribution in [1.29, 1.82) is 0 Å². The molecule has 0 aliphatic carbocycles. The molecule has 2 heterocycles. The zero-order chi connectivity index (χ0) is 19.7. The van der Waals surface area contributed by atoms with Gasteiger partial charge in [0.05, 0.1) is 30.4 Å². The second-order valence-corrected chi connectivity index (χ2v) is 5.86. The summed E-state index contributed by atoms with van der Waals surface area (Å²) in [6.07, 6.45) is 0. The van der Waals surface area contributed by atoms with Crippen molar-refractivity contribution in [2.45, 2.75) is 0 Å². The zero-order valence-corrected chi connectivity index (χ0v) is 15.1. The Morgan fingerprint density at radius 3 is 2.43 bits per heavy atom. The first-order valence-corrected chi connectivity index (χ1v) is 8.31. The number of fused-ring (bicyclic) bond motifs is 1. The third-order valence-corrected chi connectivity index (χ3v) is 4.28. The zero-order valence-electron chi connectivity index (χ0n) is 15.1. The van der Waals surface area contributed by atoms with Crippen molar-refractivity contribution in [2.75, 3.05) is 14.2 Å². The number of methoxy groups -OCH3 is 2. The van der Waals surface area contributed by atoms with Gasteiger partial charge < -0.3 is 9.47 Å². The lowest BCUT2D eigenvalue weighted by molar-refractivity contribution is -0.385. The summed E-state index contributed by atoms with van der Waals surface area (Å²) in [6, 6.07) is 15.7. The Kier molecular flexibility index (Phi) is 4.32. The van der Waals surface area contributed by atoms with Gasteiger partial charge in [-0.2, -0.15) is 9.61 Å². The highest BCUT2D eigenvalue weighted by Gasteiger charge is 2.23. The Labute approximate surface area is 159 Å². The Balaban J connectivity index is 1.87. The van der Waals surface area contributed by atoms with Crippen LogP contribution < -0.4 is 9.47 Å². The standard InChI is InChI=1S/C19H15N5O4/c1-27-13-8-6-12(7-9-13)15-10-11-17-20-21-19(23(17)22-15)14-4-3-5-16(24(25)26)18(14)28-2/h3-11H,1-2H3. The fraction of sp³-hybridized carbons (Fsp3) is 0.105. The van der Waals surface area contributed by atoms with Crippen molar-refractivity contribution in [3.63, 3.8) is 0 Å². The number of benzene rings is 2. The Morgan fingerprint density at radius 1 is 0.964 bits per heavy atom. The van der Waals surface area contributed by atoms with Crippen molar-refractivity contribution < 1.29 is 14.4 Å². The summed E-state index contributed by atoms with van der Waals surface area (Å²) in [5.41, 5.74) is 2.38. The highest BCUT2D eigenvalue weighted by atomic mass is 16.6. The van der Waals surface area contributed by atoms with Gasteiger partial charge in [-0.1, -0.05) is 6.07 Å². The molecule has 0 atom stereocenters. The maximum absolute atomic E-state index is 11.3. The molecule has 0 fully saturated rings. The van der Waals surface area contributed by atoms with Crippen LogP contribution in [0.1, 0.15) is 0 Å². The Morgan fingerprint density at radius 2 is 1.75 bits per heavy atom. The smallest absolute Gasteiger partial charge is 0.311 e. The molecule has 9 nitrogen and oxygen atoms in total. The molecule has 0 saturated heterocycles. The highest BCUT2D eigenvalue weighted by molar-refractivity contribution is 5.73. The van der Waals surface area contributed by atoms with Gasteiger partial charge >= 0.3 is 5.69 Å². The summed E-state index contributed by atoms with van der Waals surface area (Å²) in [4.78, 5) is 10.8. The molecule has 28 heavy (non-hydrogen) atoms. The fourth-order valence-electron chi connectivity index (χ4n) is 2.93. The number of hydrogen-bond acceptors (Lipinski definition) is 7. The second kappa shape index (κ2) is 6.95. The highest BCUT2D eigenvalue weighted by Crippen LogP contribution is 2.36. The molecule has 0 spiro atoms. The minimum Gasteiger partial charge on any atom is -0.497 e. The average molecular weight is 377 g/mol. The van der Waals surface area contributed by atoms with Gasteiger partial charge in [0, 0.05) is 11.6 Å². The van der Waals surface area contributed by atoms with Crippen LogP contribution in [0.3, 0.4) is 0 Å². The maximum atomic E-state index is 11.3. The number of rotatable bonds is 5. The van der Waals surface area contributed by atoms with E-state index in [1.165, 1.54) is 13.2 Å². The third-order valence-electron chi connectivity index (χ3n) is 4.28. The normalized spacial score (nSPS) is 10.8. The molecule has 4 rings (SSSR count). The van der Waals surface area contributed by atoms with Crippen molar-refractivity contribution in [3.8, 4) is 34.1 Å². The lowest BCUT2D eigenvalue weighted by atomic mass is 10.1. The molecular weight excluding hydrogens is 362 g/mol. The lowest BCUT2D eigenvalue weighted by Gasteiger charge is -2.08. The first kappa shape index (κ1) is 17.4. The summed E-state index contributed by atoms with van der Waals surface area (Å²) in [7, 11) is 2.99. The molecule has 9 heteroatoms. The van der Waals surface area contributed by atoms with Crippen LogP contribution in [0.25, 0.3) is 28.3 Å². The van der Waals surface area contributed by atoms with Crippen LogP contribution in [-0.2, 0) is 0 Å². The molecule has 0 radical (unpaired) electrons. The minimum atomic E-state index is -0.498. The Bertz CT molecular complexity index is 1170. The lowest BCUT2D eigenvalue weighted by Crippen LogP contribution is -2.00. The largest absolute Gasteiger partial charge is 0.497 e. The van der Waals surface area contributed by atoms with Crippen LogP contribution >= 0.6 is 0 Å². The maximum Gasteiger partial charge on any atom is 0.311 e. The van der Waals surface area contributed by atoms with E-state index in [-0.39, 0.29) is 11.4 Å². The van der Waals surface area contributed by atoms with Crippen molar-refractivity contribution in [2.24, 2.45) is 0 Å². The van der Waals surface area contributed by atoms with Crippen LogP contribution in [0, 0.1) is 10.1 Å². The molecule has 0 saturated carbocycles. The van der Waals surface area contributed by atoms with Gasteiger partial charge in [-0.05, 0) is 42.5 Å². The molecule has 0 amide bonds. The van der Waals surface area contributed by atoms with E-state index >= 15 is 0 Å². The molecule has 0 N–H and O–H groups in total. The molecule has 0 unspecified atom stereocenters. The van der Waals surface area contributed by atoms with Crippen LogP contribution in [0.5, 0.6) is 11.5 Å². The molecule has 4 aromatic rings. The van der Waals surface area contributed by atoms with Gasteiger partial charge in [-0.15, -0.1) is 10.2 Å². The molecule has 2 aromatic heterocycles. The summed E-state index contributed by atoms with van der Waals surface area (Å²) in [6.45, 7) is 0. The number of aromatic nitrogens is 4. The average Bonchev–Trinajstić information content (AvgIpc) is 3.16. The van der Waals surface area contributed by atoms with Crippen LogP contribution in [0.4, 0.5) is 5.69 Å². The second-order valence-electron chi connectivity index (χ2n) is 5.86. The SMILES string of the molecule is COc1ccc(-c2ccc3nnc(-c4cccc([N+](=O)[O-])c4OC)n3n2)cc1. The fourth-order valence-corrected chi connectivity index (χ4v) is 2.93. The van der Waals surface area contributed by atoms with Gasteiger partial charge in [0.2, 0.25) is 5.75 Å². The molecule has 0 aliphatic heterocycles. The van der Waals surface area contributed by atoms with Gasteiger partial charge in [0.15, 0.2) is 11.5 Å². The first-order chi connectivity index (χ1) is 13.6. The molecule has 2 aromatic carbocycles. The van der Waals surface area contributed by atoms with Crippen LogP contribution in [0.2, 0.25) is 0 Å². The first-order valence-electron chi connectivity index (χ1n) is 8.31. The molecular formula is C19H15N5O4. The van der Waals surface area contributed by atoms with Gasteiger partial charge in [0.1, 0.15) is 5.75 Å². The Hall–Kier alpha value is -4.01. The van der Waals surface area contributed by atoms with E-state index in [9.17, 15) is 10.1 Å². The van der Waals surface area contributed by atoms with Gasteiger partial charge in [-0.3, -0.25) is 10.1 Å². The van der Waals surface area contributed by atoms with Crippen molar-refractivity contribution >= 4 is 11.3 Å². The molecule has 0 bridgehead atoms. The van der Waals surface area contributed by atoms with Crippen molar-refractivity contribution in [3.05, 3.63) is 64.7 Å². The third kappa shape index (κ3) is 2.88. The predicted molar refractivity (Wildman–Crippen MR) is 101 cm³/mol. The number of nitrogens with zero attached hydrogens (tertiary/aromatic N) is 5. The van der Waals surface area contributed by atoms with E-state index in [0.29, 0.717) is 22.7 Å². The summed E-state index contributed by atoms with van der Waals surface area (Å²) < 4.78 is 12.0. The number of ether oxygens (including phenoxy) is 2. The number of nitro benzene ring substituents is 1. The molecule has 0 aliphatic rings. The summed E-state index contributed by atoms with van der Waals surface area (Å²) >= 11 is 0. The topological polar surface area (TPSA) is 105 Å². The minimum absolute atomic E-state index is 0.110. The van der Waals surface area contributed by atoms with Gasteiger partial charge in [0.25, 0.3) is 0 Å². The number of para-hydroxylation sites is 1. The monoisotopic (exact) mass is 377 g/mol. The van der Waals surface area contributed by atoms with E-state index in [4.69, 9.17) is 9.47 Å². The molecule has 140 valence electrons. The number of nitro groups is 1.